The number of hydrogen-bond acceptors (Lipinski definition) is 5. The molecule has 0 saturated heterocycles. The quantitative estimate of drug-likeness (QED) is 0.279. The Labute approximate surface area is 225 Å². The van der Waals surface area contributed by atoms with Gasteiger partial charge in [0.1, 0.15) is 22.9 Å². The molecule has 1 aliphatic heterocycles. The number of nitrogens with zero attached hydrogens (tertiary/aromatic N) is 3. The third kappa shape index (κ3) is 6.70. The molecule has 1 saturated carbocycles. The molecule has 2 heterocycles. The number of alkyl halides is 3. The predicted molar refractivity (Wildman–Crippen MR) is 129 cm³/mol. The zero-order valence-electron chi connectivity index (χ0n) is 22.0. The van der Waals surface area contributed by atoms with Crippen LogP contribution < -0.4 is 5.32 Å². The summed E-state index contributed by atoms with van der Waals surface area (Å²) in [7, 11) is 0. The van der Waals surface area contributed by atoms with Crippen molar-refractivity contribution in [1.82, 2.24) is 19.8 Å². The molecule has 1 aromatic carbocycles. The first-order chi connectivity index (χ1) is 18.5. The second-order valence-electron chi connectivity index (χ2n) is 10.8. The number of ether oxygens (including phenoxy) is 1. The Hall–Kier alpha value is -3.71. The van der Waals surface area contributed by atoms with Gasteiger partial charge in [-0.1, -0.05) is 0 Å². The van der Waals surface area contributed by atoms with Crippen LogP contribution >= 0.6 is 0 Å². The molecule has 2 aliphatic rings. The number of allylic oxidation sites excluding steroid dienone is 1. The summed E-state index contributed by atoms with van der Waals surface area (Å²) < 4.78 is 88.6. The number of benzene rings is 1. The molecule has 1 aliphatic carbocycles. The van der Waals surface area contributed by atoms with Crippen LogP contribution in [-0.2, 0) is 35.2 Å². The van der Waals surface area contributed by atoms with E-state index in [2.05, 4.69) is 10.3 Å². The summed E-state index contributed by atoms with van der Waals surface area (Å²) in [6, 6.07) is -0.165. The van der Waals surface area contributed by atoms with Crippen LogP contribution in [0.3, 0.4) is 0 Å². The average Bonchev–Trinajstić information content (AvgIpc) is 3.59. The normalized spacial score (nSPS) is 15.9. The van der Waals surface area contributed by atoms with E-state index in [4.69, 9.17) is 4.74 Å². The lowest BCUT2D eigenvalue weighted by Crippen LogP contribution is -2.45. The number of halogens is 6. The van der Waals surface area contributed by atoms with E-state index in [-0.39, 0.29) is 42.3 Å². The van der Waals surface area contributed by atoms with Crippen LogP contribution in [0.2, 0.25) is 0 Å². The fraction of sp³-hybridized carbons (Fsp3) is 0.500. The average molecular weight is 575 g/mol. The number of aliphatic hydroxyl groups excluding tert-OH is 1. The minimum atomic E-state index is -4.79. The minimum absolute atomic E-state index is 0.00660. The fourth-order valence-electron chi connectivity index (χ4n) is 4.43. The van der Waals surface area contributed by atoms with Gasteiger partial charge in [-0.2, -0.15) is 13.2 Å². The summed E-state index contributed by atoms with van der Waals surface area (Å²) in [6.45, 7) is 4.08. The van der Waals surface area contributed by atoms with Gasteiger partial charge < -0.3 is 24.6 Å². The first-order valence-corrected chi connectivity index (χ1v) is 12.5. The number of aromatic nitrogens is 2. The topological polar surface area (TPSA) is 96.7 Å². The van der Waals surface area contributed by atoms with Gasteiger partial charge in [-0.3, -0.25) is 4.79 Å². The lowest BCUT2D eigenvalue weighted by Gasteiger charge is -2.31. The molecule has 1 fully saturated rings. The van der Waals surface area contributed by atoms with E-state index in [9.17, 15) is 41.0 Å². The van der Waals surface area contributed by atoms with Gasteiger partial charge in [0.15, 0.2) is 11.6 Å². The summed E-state index contributed by atoms with van der Waals surface area (Å²) in [6.07, 6.45) is -5.54. The van der Waals surface area contributed by atoms with Crippen LogP contribution in [0.1, 0.15) is 62.8 Å². The van der Waals surface area contributed by atoms with Crippen molar-refractivity contribution < 1.29 is 45.8 Å². The number of carbonyl (C=O) groups is 2. The van der Waals surface area contributed by atoms with Crippen molar-refractivity contribution in [2.24, 2.45) is 0 Å². The van der Waals surface area contributed by atoms with Gasteiger partial charge in [-0.05, 0) is 57.2 Å². The van der Waals surface area contributed by atoms with Crippen molar-refractivity contribution in [2.75, 3.05) is 6.54 Å². The molecule has 0 spiro atoms. The molecule has 4 rings (SSSR count). The molecule has 1 atom stereocenters. The van der Waals surface area contributed by atoms with Gasteiger partial charge in [-0.25, -0.2) is 22.9 Å². The van der Waals surface area contributed by atoms with Crippen molar-refractivity contribution in [3.05, 3.63) is 57.9 Å². The number of alkyl carbamates (subject to hydrolysis) is 1. The lowest BCUT2D eigenvalue weighted by molar-refractivity contribution is -0.148. The molecule has 0 radical (unpaired) electrons. The molecular formula is C26H28F6N4O4. The number of nitrogens with one attached hydrogen (secondary N) is 1. The molecule has 0 unspecified atom stereocenters. The van der Waals surface area contributed by atoms with Crippen LogP contribution in [0, 0.1) is 17.5 Å². The van der Waals surface area contributed by atoms with Gasteiger partial charge >= 0.3 is 12.3 Å². The zero-order chi connectivity index (χ0) is 29.6. The molecule has 218 valence electrons. The maximum absolute atomic E-state index is 14.4. The van der Waals surface area contributed by atoms with Crippen LogP contribution in [-0.4, -0.2) is 49.7 Å². The number of carbonyl (C=O) groups excluding carboxylic acids is 2. The maximum Gasteiger partial charge on any atom is 0.449 e. The van der Waals surface area contributed by atoms with E-state index in [0.717, 1.165) is 4.57 Å². The third-order valence-corrected chi connectivity index (χ3v) is 6.37. The molecule has 2 aromatic rings. The maximum atomic E-state index is 14.4. The molecule has 1 aromatic heterocycles. The first kappa shape index (κ1) is 29.3. The molecular weight excluding hydrogens is 546 g/mol. The van der Waals surface area contributed by atoms with E-state index < -0.39 is 65.9 Å². The Morgan fingerprint density at radius 2 is 1.73 bits per heavy atom. The fourth-order valence-corrected chi connectivity index (χ4v) is 4.43. The number of rotatable bonds is 6. The van der Waals surface area contributed by atoms with E-state index in [1.807, 2.05) is 0 Å². The van der Waals surface area contributed by atoms with Crippen LogP contribution in [0.15, 0.2) is 17.7 Å². The molecule has 14 heteroatoms. The number of fused-ring (bicyclic) bond motifs is 1. The highest BCUT2D eigenvalue weighted by molar-refractivity contribution is 5.78. The second-order valence-corrected chi connectivity index (χ2v) is 10.8. The van der Waals surface area contributed by atoms with E-state index >= 15 is 0 Å². The van der Waals surface area contributed by atoms with Crippen molar-refractivity contribution in [3.63, 3.8) is 0 Å². The Kier molecular flexibility index (Phi) is 7.83. The summed E-state index contributed by atoms with van der Waals surface area (Å²) >= 11 is 0. The number of hydrogen-bond donors (Lipinski definition) is 2. The van der Waals surface area contributed by atoms with Crippen molar-refractivity contribution in [1.29, 1.82) is 0 Å². The van der Waals surface area contributed by atoms with Crippen molar-refractivity contribution in [3.8, 4) is 0 Å². The zero-order valence-corrected chi connectivity index (χ0v) is 22.0. The highest BCUT2D eigenvalue weighted by Gasteiger charge is 2.42. The molecule has 2 amide bonds. The number of amides is 2. The van der Waals surface area contributed by atoms with Crippen LogP contribution in [0.25, 0.3) is 5.76 Å². The van der Waals surface area contributed by atoms with Crippen molar-refractivity contribution in [2.45, 2.75) is 77.4 Å². The SMILES string of the molecule is CC(C)(C)OC(=O)N[C@@H](CC(=O)N1CCn2c(C(F)(F)F)nc(C(O)=C3CC3)c2C1)Cc1cc(F)c(F)cc1F. The van der Waals surface area contributed by atoms with E-state index in [1.165, 1.54) is 4.90 Å². The molecule has 2 N–H and O–H groups in total. The minimum Gasteiger partial charge on any atom is -0.506 e. The van der Waals surface area contributed by atoms with Gasteiger partial charge in [0.05, 0.1) is 12.2 Å². The lowest BCUT2D eigenvalue weighted by atomic mass is 10.0. The molecule has 40 heavy (non-hydrogen) atoms. The summed E-state index contributed by atoms with van der Waals surface area (Å²) in [5, 5.41) is 12.9. The van der Waals surface area contributed by atoms with E-state index in [1.54, 1.807) is 20.8 Å². The summed E-state index contributed by atoms with van der Waals surface area (Å²) in [4.78, 5) is 30.6. The Morgan fingerprint density at radius 1 is 1.07 bits per heavy atom. The predicted octanol–water partition coefficient (Wildman–Crippen LogP) is 5.25. The van der Waals surface area contributed by atoms with Gasteiger partial charge in [0.2, 0.25) is 11.7 Å². The largest absolute Gasteiger partial charge is 0.506 e. The van der Waals surface area contributed by atoms with Gasteiger partial charge in [0.25, 0.3) is 0 Å². The highest BCUT2D eigenvalue weighted by atomic mass is 19.4. The Morgan fingerprint density at radius 3 is 2.33 bits per heavy atom. The van der Waals surface area contributed by atoms with E-state index in [0.29, 0.717) is 30.5 Å². The molecule has 8 nitrogen and oxygen atoms in total. The Bertz CT molecular complexity index is 1360. The number of aliphatic hydroxyl groups is 1. The van der Waals surface area contributed by atoms with Crippen LogP contribution in [0.5, 0.6) is 0 Å². The smallest absolute Gasteiger partial charge is 0.449 e. The first-order valence-electron chi connectivity index (χ1n) is 12.5. The second kappa shape index (κ2) is 10.7. The van der Waals surface area contributed by atoms with Crippen LogP contribution in [0.4, 0.5) is 31.1 Å². The molecule has 0 bridgehead atoms. The standard InChI is InChI=1S/C26H28F6N4O4/c1-25(2,3)40-24(39)33-15(8-14-9-17(28)18(29)11-16(14)27)10-20(37)35-6-7-36-19(12-35)21(22(38)13-4-5-13)34-23(36)26(30,31)32/h9,11,15,38H,4-8,10,12H2,1-3H3,(H,33,39)/t15-/m1/s1. The Balaban J connectivity index is 1.58. The van der Waals surface area contributed by atoms with Crippen molar-refractivity contribution >= 4 is 17.8 Å². The third-order valence-electron chi connectivity index (χ3n) is 6.37. The monoisotopic (exact) mass is 574 g/mol. The van der Waals surface area contributed by atoms with Gasteiger partial charge in [-0.15, -0.1) is 0 Å². The van der Waals surface area contributed by atoms with Gasteiger partial charge in [0, 0.05) is 31.6 Å². The summed E-state index contributed by atoms with van der Waals surface area (Å²) in [5.41, 5.74) is -0.894. The highest BCUT2D eigenvalue weighted by Crippen LogP contribution is 2.39. The number of imidazole rings is 1. The summed E-state index contributed by atoms with van der Waals surface area (Å²) in [5.74, 6) is -5.95.